The third-order valence-corrected chi connectivity index (χ3v) is 4.26. The Balaban J connectivity index is 2.32. The zero-order valence-corrected chi connectivity index (χ0v) is 13.7. The molecule has 0 aliphatic rings. The third-order valence-electron chi connectivity index (χ3n) is 2.90. The molecule has 0 aliphatic carbocycles. The predicted molar refractivity (Wildman–Crippen MR) is 83.1 cm³/mol. The molecule has 2 N–H and O–H groups in total. The van der Waals surface area contributed by atoms with E-state index in [1.165, 1.54) is 31.4 Å². The van der Waals surface area contributed by atoms with Gasteiger partial charge in [0.2, 0.25) is 0 Å². The van der Waals surface area contributed by atoms with Gasteiger partial charge in [0.15, 0.2) is 5.03 Å². The van der Waals surface area contributed by atoms with Crippen LogP contribution in [0.25, 0.3) is 0 Å². The molecular formula is C14H15N3O6S. The molecule has 0 saturated carbocycles. The number of benzene rings is 1. The number of aromatic nitrogens is 2. The molecule has 24 heavy (non-hydrogen) atoms. The Bertz CT molecular complexity index is 859. The second-order valence-electron chi connectivity index (χ2n) is 4.51. The maximum atomic E-state index is 12.4. The van der Waals surface area contributed by atoms with Crippen LogP contribution in [0.1, 0.15) is 27.6 Å². The number of esters is 2. The van der Waals surface area contributed by atoms with Crippen molar-refractivity contribution in [2.75, 3.05) is 18.4 Å². The van der Waals surface area contributed by atoms with Crippen molar-refractivity contribution in [3.63, 3.8) is 0 Å². The van der Waals surface area contributed by atoms with Gasteiger partial charge in [0.05, 0.1) is 25.5 Å². The van der Waals surface area contributed by atoms with Gasteiger partial charge in [-0.3, -0.25) is 9.82 Å². The molecule has 0 aliphatic heterocycles. The Labute approximate surface area is 138 Å². The first-order valence-corrected chi connectivity index (χ1v) is 8.29. The van der Waals surface area contributed by atoms with Gasteiger partial charge in [-0.2, -0.15) is 13.5 Å². The minimum absolute atomic E-state index is 0.0953. The minimum atomic E-state index is -4.13. The normalized spacial score (nSPS) is 10.9. The van der Waals surface area contributed by atoms with E-state index in [0.29, 0.717) is 0 Å². The average Bonchev–Trinajstić information content (AvgIpc) is 3.05. The summed E-state index contributed by atoms with van der Waals surface area (Å²) >= 11 is 0. The average molecular weight is 353 g/mol. The van der Waals surface area contributed by atoms with Crippen molar-refractivity contribution in [1.82, 2.24) is 10.2 Å². The number of nitrogens with zero attached hydrogens (tertiary/aromatic N) is 1. The van der Waals surface area contributed by atoms with Crippen molar-refractivity contribution >= 4 is 27.6 Å². The zero-order valence-electron chi connectivity index (χ0n) is 12.9. The molecular weight excluding hydrogens is 338 g/mol. The van der Waals surface area contributed by atoms with Crippen molar-refractivity contribution in [2.24, 2.45) is 0 Å². The summed E-state index contributed by atoms with van der Waals surface area (Å²) in [6, 6.07) is 5.72. The highest BCUT2D eigenvalue weighted by Crippen LogP contribution is 2.19. The lowest BCUT2D eigenvalue weighted by Gasteiger charge is -2.09. The molecule has 0 fully saturated rings. The first-order chi connectivity index (χ1) is 11.4. The van der Waals surface area contributed by atoms with Crippen molar-refractivity contribution in [1.29, 1.82) is 0 Å². The Hall–Kier alpha value is -2.88. The second-order valence-corrected chi connectivity index (χ2v) is 6.13. The van der Waals surface area contributed by atoms with Gasteiger partial charge in [0.25, 0.3) is 10.0 Å². The van der Waals surface area contributed by atoms with E-state index < -0.39 is 27.0 Å². The van der Waals surface area contributed by atoms with Crippen molar-refractivity contribution in [3.05, 3.63) is 41.6 Å². The van der Waals surface area contributed by atoms with E-state index in [4.69, 9.17) is 4.74 Å². The third kappa shape index (κ3) is 3.71. The van der Waals surface area contributed by atoms with Gasteiger partial charge in [-0.25, -0.2) is 9.59 Å². The lowest BCUT2D eigenvalue weighted by atomic mass is 10.2. The van der Waals surface area contributed by atoms with E-state index in [-0.39, 0.29) is 23.4 Å². The standard InChI is InChI=1S/C14H15N3O6S/c1-3-23-14(19)11-8-15-16-12(11)24(20,21)17-10-6-4-5-9(7-10)13(18)22-2/h4-8,17H,3H2,1-2H3,(H,15,16). The fourth-order valence-electron chi connectivity index (χ4n) is 1.87. The maximum absolute atomic E-state index is 12.4. The Morgan fingerprint density at radius 1 is 1.29 bits per heavy atom. The van der Waals surface area contributed by atoms with E-state index in [1.54, 1.807) is 6.92 Å². The summed E-state index contributed by atoms with van der Waals surface area (Å²) in [4.78, 5) is 23.3. The number of hydrogen-bond acceptors (Lipinski definition) is 7. The highest BCUT2D eigenvalue weighted by molar-refractivity contribution is 7.92. The number of H-pyrrole nitrogens is 1. The highest BCUT2D eigenvalue weighted by atomic mass is 32.2. The van der Waals surface area contributed by atoms with Crippen LogP contribution in [-0.2, 0) is 19.5 Å². The first-order valence-electron chi connectivity index (χ1n) is 6.80. The molecule has 1 aromatic heterocycles. The fraction of sp³-hybridized carbons (Fsp3) is 0.214. The summed E-state index contributed by atoms with van der Waals surface area (Å²) in [7, 11) is -2.92. The molecule has 1 heterocycles. The molecule has 0 atom stereocenters. The zero-order chi connectivity index (χ0) is 17.7. The van der Waals surface area contributed by atoms with Gasteiger partial charge >= 0.3 is 11.9 Å². The van der Waals surface area contributed by atoms with Crippen molar-refractivity contribution in [2.45, 2.75) is 11.9 Å². The predicted octanol–water partition coefficient (Wildman–Crippen LogP) is 1.17. The van der Waals surface area contributed by atoms with E-state index in [9.17, 15) is 18.0 Å². The topological polar surface area (TPSA) is 127 Å². The van der Waals surface area contributed by atoms with Gasteiger partial charge in [0.1, 0.15) is 5.56 Å². The summed E-state index contributed by atoms with van der Waals surface area (Å²) in [5, 5.41) is 5.41. The second kappa shape index (κ2) is 7.13. The Kier molecular flexibility index (Phi) is 5.19. The van der Waals surface area contributed by atoms with Crippen LogP contribution >= 0.6 is 0 Å². The molecule has 2 rings (SSSR count). The van der Waals surface area contributed by atoms with E-state index >= 15 is 0 Å². The van der Waals surface area contributed by atoms with Crippen LogP contribution in [0, 0.1) is 0 Å². The Morgan fingerprint density at radius 3 is 2.71 bits per heavy atom. The summed E-state index contributed by atoms with van der Waals surface area (Å²) in [6.07, 6.45) is 1.07. The molecule has 128 valence electrons. The van der Waals surface area contributed by atoms with Gasteiger partial charge < -0.3 is 9.47 Å². The SMILES string of the molecule is CCOC(=O)c1cn[nH]c1S(=O)(=O)Nc1cccc(C(=O)OC)c1. The molecule has 0 saturated heterocycles. The lowest BCUT2D eigenvalue weighted by molar-refractivity contribution is 0.0521. The summed E-state index contributed by atoms with van der Waals surface area (Å²) < 4.78 is 36.5. The number of carbonyl (C=O) groups excluding carboxylic acids is 2. The quantitative estimate of drug-likeness (QED) is 0.746. The van der Waals surface area contributed by atoms with E-state index in [1.807, 2.05) is 0 Å². The molecule has 9 nitrogen and oxygen atoms in total. The molecule has 0 amide bonds. The number of ether oxygens (including phenoxy) is 2. The number of anilines is 1. The molecule has 0 bridgehead atoms. The number of methoxy groups -OCH3 is 1. The number of nitrogens with one attached hydrogen (secondary N) is 2. The Morgan fingerprint density at radius 2 is 2.04 bits per heavy atom. The molecule has 10 heteroatoms. The maximum Gasteiger partial charge on any atom is 0.342 e. The van der Waals surface area contributed by atoms with E-state index in [2.05, 4.69) is 19.7 Å². The van der Waals surface area contributed by atoms with Crippen LogP contribution in [0.5, 0.6) is 0 Å². The van der Waals surface area contributed by atoms with Crippen molar-refractivity contribution < 1.29 is 27.5 Å². The van der Waals surface area contributed by atoms with E-state index in [0.717, 1.165) is 6.20 Å². The summed E-state index contributed by atoms with van der Waals surface area (Å²) in [6.45, 7) is 1.70. The van der Waals surface area contributed by atoms with Crippen LogP contribution in [0.15, 0.2) is 35.5 Å². The van der Waals surface area contributed by atoms with Crippen LogP contribution in [0.4, 0.5) is 5.69 Å². The molecule has 1 aromatic carbocycles. The van der Waals surface area contributed by atoms with Crippen LogP contribution in [0.3, 0.4) is 0 Å². The summed E-state index contributed by atoms with van der Waals surface area (Å²) in [5.41, 5.74) is 0.0868. The van der Waals surface area contributed by atoms with Crippen LogP contribution < -0.4 is 4.72 Å². The largest absolute Gasteiger partial charge is 0.465 e. The molecule has 0 spiro atoms. The molecule has 0 unspecified atom stereocenters. The lowest BCUT2D eigenvalue weighted by Crippen LogP contribution is -2.18. The number of sulfonamides is 1. The number of carbonyl (C=O) groups is 2. The van der Waals surface area contributed by atoms with Gasteiger partial charge in [-0.1, -0.05) is 6.07 Å². The number of rotatable bonds is 6. The highest BCUT2D eigenvalue weighted by Gasteiger charge is 2.26. The minimum Gasteiger partial charge on any atom is -0.465 e. The van der Waals surface area contributed by atoms with Crippen molar-refractivity contribution in [3.8, 4) is 0 Å². The molecule has 0 radical (unpaired) electrons. The first kappa shape index (κ1) is 17.5. The van der Waals surface area contributed by atoms with Crippen LogP contribution in [-0.4, -0.2) is 44.3 Å². The fourth-order valence-corrected chi connectivity index (χ4v) is 3.00. The van der Waals surface area contributed by atoms with Gasteiger partial charge in [-0.05, 0) is 25.1 Å². The monoisotopic (exact) mass is 353 g/mol. The number of hydrogen-bond donors (Lipinski definition) is 2. The van der Waals surface area contributed by atoms with Gasteiger partial charge in [-0.15, -0.1) is 0 Å². The van der Waals surface area contributed by atoms with Crippen LogP contribution in [0.2, 0.25) is 0 Å². The smallest absolute Gasteiger partial charge is 0.342 e. The van der Waals surface area contributed by atoms with Gasteiger partial charge in [0, 0.05) is 5.69 Å². The summed E-state index contributed by atoms with van der Waals surface area (Å²) in [5.74, 6) is -1.42. The number of aromatic amines is 1. The molecule has 2 aromatic rings.